The van der Waals surface area contributed by atoms with Crippen LogP contribution in [0.4, 0.5) is 0 Å². The summed E-state index contributed by atoms with van der Waals surface area (Å²) in [4.78, 5) is 17.0. The molecule has 0 radical (unpaired) electrons. The lowest BCUT2D eigenvalue weighted by Crippen LogP contribution is -2.52. The molecule has 1 aliphatic rings. The zero-order valence-electron chi connectivity index (χ0n) is 18.7. The molecule has 4 rings (SSSR count). The molecule has 5 nitrogen and oxygen atoms in total. The second-order valence-electron chi connectivity index (χ2n) is 8.68. The zero-order chi connectivity index (χ0) is 21.8. The van der Waals surface area contributed by atoms with E-state index in [0.717, 1.165) is 38.9 Å². The summed E-state index contributed by atoms with van der Waals surface area (Å²) in [6.07, 6.45) is 4.69. The summed E-state index contributed by atoms with van der Waals surface area (Å²) in [5.74, 6) is 0.185. The number of piperidine rings is 1. The van der Waals surface area contributed by atoms with Crippen molar-refractivity contribution < 1.29 is 4.79 Å². The van der Waals surface area contributed by atoms with E-state index in [1.54, 1.807) is 11.3 Å². The van der Waals surface area contributed by atoms with Crippen molar-refractivity contribution in [2.75, 3.05) is 19.6 Å². The van der Waals surface area contributed by atoms with Gasteiger partial charge in [-0.05, 0) is 62.2 Å². The maximum atomic E-state index is 13.3. The molecule has 2 aromatic heterocycles. The van der Waals surface area contributed by atoms with Crippen molar-refractivity contribution in [2.45, 2.75) is 39.7 Å². The number of carbonyl (C=O) groups is 1. The zero-order valence-corrected chi connectivity index (χ0v) is 19.5. The van der Waals surface area contributed by atoms with E-state index < -0.39 is 5.41 Å². The van der Waals surface area contributed by atoms with Crippen molar-refractivity contribution in [3.63, 3.8) is 0 Å². The van der Waals surface area contributed by atoms with Crippen LogP contribution in [0.2, 0.25) is 0 Å². The number of thiophene rings is 1. The molecule has 0 spiro atoms. The van der Waals surface area contributed by atoms with Crippen molar-refractivity contribution >= 4 is 17.2 Å². The van der Waals surface area contributed by atoms with Gasteiger partial charge in [0, 0.05) is 42.8 Å². The Morgan fingerprint density at radius 2 is 2.06 bits per heavy atom. The number of aromatic nitrogens is 2. The molecule has 1 aromatic carbocycles. The number of carbonyl (C=O) groups excluding carboxylic acids is 1. The van der Waals surface area contributed by atoms with E-state index in [1.807, 2.05) is 24.9 Å². The summed E-state index contributed by atoms with van der Waals surface area (Å²) >= 11 is 1.75. The molecule has 6 heteroatoms. The van der Waals surface area contributed by atoms with Crippen LogP contribution in [0.1, 0.15) is 36.6 Å². The Kier molecular flexibility index (Phi) is 6.58. The van der Waals surface area contributed by atoms with Crippen molar-refractivity contribution in [3.05, 3.63) is 64.8 Å². The second-order valence-corrected chi connectivity index (χ2v) is 9.63. The highest BCUT2D eigenvalue weighted by molar-refractivity contribution is 7.13. The molecule has 164 valence electrons. The minimum Gasteiger partial charge on any atom is -0.356 e. The van der Waals surface area contributed by atoms with Crippen LogP contribution in [0.5, 0.6) is 0 Å². The Labute approximate surface area is 189 Å². The molecule has 1 aliphatic heterocycles. The van der Waals surface area contributed by atoms with Gasteiger partial charge in [0.1, 0.15) is 0 Å². The van der Waals surface area contributed by atoms with Gasteiger partial charge in [-0.15, -0.1) is 11.3 Å². The summed E-state index contributed by atoms with van der Waals surface area (Å²) in [5.41, 5.74) is 4.51. The number of hydrogen-bond donors (Lipinski definition) is 1. The SMILES string of the molecule is CCNC(=O)C1(Cc2ccc(-c3cccs3)cc2)CCCN(Cc2cnn(C)c2C)C1. The van der Waals surface area contributed by atoms with Gasteiger partial charge in [-0.1, -0.05) is 30.3 Å². The minimum absolute atomic E-state index is 0.185. The largest absolute Gasteiger partial charge is 0.356 e. The first-order chi connectivity index (χ1) is 15.0. The van der Waals surface area contributed by atoms with Crippen molar-refractivity contribution in [1.29, 1.82) is 0 Å². The van der Waals surface area contributed by atoms with Crippen LogP contribution < -0.4 is 5.32 Å². The number of nitrogens with one attached hydrogen (secondary N) is 1. The molecule has 1 saturated heterocycles. The molecule has 1 unspecified atom stereocenters. The molecule has 0 bridgehead atoms. The molecular formula is C25H32N4OS. The highest BCUT2D eigenvalue weighted by atomic mass is 32.1. The summed E-state index contributed by atoms with van der Waals surface area (Å²) in [6.45, 7) is 7.42. The van der Waals surface area contributed by atoms with E-state index >= 15 is 0 Å². The predicted molar refractivity (Wildman–Crippen MR) is 127 cm³/mol. The van der Waals surface area contributed by atoms with Crippen LogP contribution in [0.3, 0.4) is 0 Å². The van der Waals surface area contributed by atoms with Crippen LogP contribution in [0.25, 0.3) is 10.4 Å². The molecule has 0 aliphatic carbocycles. The Hall–Kier alpha value is -2.44. The van der Waals surface area contributed by atoms with Crippen molar-refractivity contribution in [1.82, 2.24) is 20.0 Å². The van der Waals surface area contributed by atoms with E-state index in [2.05, 4.69) is 64.0 Å². The fourth-order valence-electron chi connectivity index (χ4n) is 4.68. The standard InChI is InChI=1S/C25H32N4OS/c1-4-26-24(30)25(15-20-8-10-21(11-9-20)23-7-5-14-31-23)12-6-13-29(18-25)17-22-16-27-28(3)19(22)2/h5,7-11,14,16H,4,6,12-13,15,17-18H2,1-3H3,(H,26,30). The molecule has 31 heavy (non-hydrogen) atoms. The first-order valence-corrected chi connectivity index (χ1v) is 12.0. The quantitative estimate of drug-likeness (QED) is 0.597. The Balaban J connectivity index is 1.54. The summed E-state index contributed by atoms with van der Waals surface area (Å²) in [7, 11) is 1.98. The molecule has 1 fully saturated rings. The molecule has 3 aromatic rings. The lowest BCUT2D eigenvalue weighted by molar-refractivity contribution is -0.134. The van der Waals surface area contributed by atoms with Crippen LogP contribution in [-0.2, 0) is 24.8 Å². The molecular weight excluding hydrogens is 404 g/mol. The van der Waals surface area contributed by atoms with Gasteiger partial charge in [0.2, 0.25) is 5.91 Å². The van der Waals surface area contributed by atoms with Crippen LogP contribution in [0.15, 0.2) is 48.0 Å². The second kappa shape index (κ2) is 9.37. The number of rotatable bonds is 7. The van der Waals surface area contributed by atoms with Gasteiger partial charge in [-0.3, -0.25) is 14.4 Å². The topological polar surface area (TPSA) is 50.2 Å². The molecule has 1 atom stereocenters. The van der Waals surface area contributed by atoms with Gasteiger partial charge >= 0.3 is 0 Å². The average Bonchev–Trinajstić information content (AvgIpc) is 3.41. The highest BCUT2D eigenvalue weighted by Crippen LogP contribution is 2.36. The maximum absolute atomic E-state index is 13.3. The lowest BCUT2D eigenvalue weighted by Gasteiger charge is -2.42. The fraction of sp³-hybridized carbons (Fsp3) is 0.440. The van der Waals surface area contributed by atoms with Gasteiger partial charge in [0.15, 0.2) is 0 Å². The number of amides is 1. The highest BCUT2D eigenvalue weighted by Gasteiger charge is 2.42. The summed E-state index contributed by atoms with van der Waals surface area (Å²) in [6, 6.07) is 13.0. The van der Waals surface area contributed by atoms with E-state index in [-0.39, 0.29) is 5.91 Å². The number of benzene rings is 1. The summed E-state index contributed by atoms with van der Waals surface area (Å²) in [5, 5.41) is 9.63. The Morgan fingerprint density at radius 3 is 2.71 bits per heavy atom. The summed E-state index contributed by atoms with van der Waals surface area (Å²) < 4.78 is 1.92. The third-order valence-corrected chi connectivity index (χ3v) is 7.43. The van der Waals surface area contributed by atoms with Gasteiger partial charge in [-0.25, -0.2) is 0 Å². The number of likely N-dealkylation sites (tertiary alicyclic amines) is 1. The van der Waals surface area contributed by atoms with E-state index in [1.165, 1.54) is 27.3 Å². The van der Waals surface area contributed by atoms with Gasteiger partial charge < -0.3 is 5.32 Å². The first-order valence-electron chi connectivity index (χ1n) is 11.1. The lowest BCUT2D eigenvalue weighted by atomic mass is 9.74. The maximum Gasteiger partial charge on any atom is 0.227 e. The molecule has 1 N–H and O–H groups in total. The Bertz CT molecular complexity index is 1010. The molecule has 3 heterocycles. The average molecular weight is 437 g/mol. The van der Waals surface area contributed by atoms with E-state index in [0.29, 0.717) is 6.54 Å². The number of aryl methyl sites for hydroxylation is 1. The van der Waals surface area contributed by atoms with E-state index in [9.17, 15) is 4.79 Å². The van der Waals surface area contributed by atoms with Gasteiger partial charge in [0.05, 0.1) is 11.6 Å². The molecule has 0 saturated carbocycles. The smallest absolute Gasteiger partial charge is 0.227 e. The Morgan fingerprint density at radius 1 is 1.26 bits per heavy atom. The van der Waals surface area contributed by atoms with Crippen molar-refractivity contribution in [3.8, 4) is 10.4 Å². The first kappa shape index (κ1) is 21.8. The van der Waals surface area contributed by atoms with Gasteiger partial charge in [-0.2, -0.15) is 5.10 Å². The third kappa shape index (κ3) is 4.75. The van der Waals surface area contributed by atoms with Crippen LogP contribution in [0, 0.1) is 12.3 Å². The van der Waals surface area contributed by atoms with E-state index in [4.69, 9.17) is 0 Å². The van der Waals surface area contributed by atoms with Crippen molar-refractivity contribution in [2.24, 2.45) is 12.5 Å². The fourth-order valence-corrected chi connectivity index (χ4v) is 5.41. The number of hydrogen-bond acceptors (Lipinski definition) is 4. The van der Waals surface area contributed by atoms with Crippen LogP contribution >= 0.6 is 11.3 Å². The van der Waals surface area contributed by atoms with Gasteiger partial charge in [0.25, 0.3) is 0 Å². The predicted octanol–water partition coefficient (Wildman–Crippen LogP) is 4.42. The third-order valence-electron chi connectivity index (χ3n) is 6.51. The monoisotopic (exact) mass is 436 g/mol. The molecule has 1 amide bonds. The normalized spacial score (nSPS) is 19.5. The van der Waals surface area contributed by atoms with Crippen LogP contribution in [-0.4, -0.2) is 40.2 Å². The minimum atomic E-state index is -0.394. The number of nitrogens with zero attached hydrogens (tertiary/aromatic N) is 3.